The molecule has 0 fully saturated rings. The van der Waals surface area contributed by atoms with Gasteiger partial charge in [-0.05, 0) is 84.5 Å². The zero-order valence-corrected chi connectivity index (χ0v) is 40.2. The second kappa shape index (κ2) is 34.8. The van der Waals surface area contributed by atoms with E-state index < -0.39 is 35.0 Å². The van der Waals surface area contributed by atoms with Gasteiger partial charge in [-0.1, -0.05) is 43.9 Å². The van der Waals surface area contributed by atoms with Crippen LogP contribution in [0.5, 0.6) is 0 Å². The van der Waals surface area contributed by atoms with Crippen LogP contribution in [-0.4, -0.2) is 130 Å². The van der Waals surface area contributed by atoms with E-state index in [-0.39, 0.29) is 5.67 Å². The van der Waals surface area contributed by atoms with Crippen molar-refractivity contribution in [1.82, 2.24) is 0 Å². The Morgan fingerprint density at radius 3 is 1.44 bits per heavy atom. The predicted octanol–water partition coefficient (Wildman–Crippen LogP) is 7.76. The summed E-state index contributed by atoms with van der Waals surface area (Å²) in [4.78, 5) is 0. The highest BCUT2D eigenvalue weighted by Crippen LogP contribution is 2.20. The zero-order chi connectivity index (χ0) is 41.9. The lowest BCUT2D eigenvalue weighted by Crippen LogP contribution is -2.57. The summed E-state index contributed by atoms with van der Waals surface area (Å²) in [5.41, 5.74) is 5.60. The van der Waals surface area contributed by atoms with Gasteiger partial charge in [0.15, 0.2) is 0 Å². The van der Waals surface area contributed by atoms with Gasteiger partial charge in [-0.3, -0.25) is 0 Å². The minimum Gasteiger partial charge on any atom is -0.392 e. The highest BCUT2D eigenvalue weighted by molar-refractivity contribution is 6.71. The molecular weight excluding hydrogens is 763 g/mol. The first-order chi connectivity index (χ1) is 25.7. The fraction of sp³-hybridized carbons (Fsp3) is 0.676. The summed E-state index contributed by atoms with van der Waals surface area (Å²) in [6.07, 6.45) is 1.74. The number of ether oxygens (including phenoxy) is 1. The molecule has 318 valence electrons. The number of para-hydroxylation sites is 1. The van der Waals surface area contributed by atoms with Crippen molar-refractivity contribution in [2.24, 2.45) is 0 Å². The first-order valence-electron chi connectivity index (χ1n) is 18.6. The van der Waals surface area contributed by atoms with E-state index in [2.05, 4.69) is 32.0 Å². The molecule has 1 atom stereocenters. The third-order valence-electron chi connectivity index (χ3n) is 7.38. The molecule has 0 heterocycles. The molecule has 54 heavy (non-hydrogen) atoms. The van der Waals surface area contributed by atoms with Crippen LogP contribution in [0.4, 0.5) is 5.69 Å². The van der Waals surface area contributed by atoms with Crippen LogP contribution in [0.1, 0.15) is 61.3 Å². The summed E-state index contributed by atoms with van der Waals surface area (Å²) < 4.78 is 64.9. The molecule has 1 unspecified atom stereocenters. The minimum atomic E-state index is -2.64. The molecule has 0 saturated carbocycles. The van der Waals surface area contributed by atoms with Crippen molar-refractivity contribution in [3.63, 3.8) is 0 Å². The smallest absolute Gasteiger partial charge is 0.392 e. The van der Waals surface area contributed by atoms with Crippen LogP contribution < -0.4 is 5.32 Å². The molecule has 1 aromatic carbocycles. The molecule has 13 nitrogen and oxygen atoms in total. The molecule has 1 N–H and O–H groups in total. The van der Waals surface area contributed by atoms with Gasteiger partial charge in [0.1, 0.15) is 0 Å². The lowest BCUT2D eigenvalue weighted by atomic mass is 10.3. The van der Waals surface area contributed by atoms with Crippen molar-refractivity contribution in [2.45, 2.75) is 79.6 Å². The van der Waals surface area contributed by atoms with Crippen molar-refractivity contribution in [2.75, 3.05) is 94.2 Å². The Hall–Kier alpha value is -1.37. The first kappa shape index (κ1) is 57.0. The lowest BCUT2D eigenvalue weighted by molar-refractivity contribution is 0.0843. The molecule has 0 aliphatic heterocycles. The van der Waals surface area contributed by atoms with Crippen LogP contribution in [0, 0.1) is 0 Å². The van der Waals surface area contributed by atoms with E-state index in [1.807, 2.05) is 78.4 Å². The van der Waals surface area contributed by atoms with Crippen molar-refractivity contribution in [3.8, 4) is 0 Å². The largest absolute Gasteiger partial charge is 0.528 e. The summed E-state index contributed by atoms with van der Waals surface area (Å²) in [5, 5.41) is 3.41. The van der Waals surface area contributed by atoms with Crippen LogP contribution in [0.2, 0.25) is 12.6 Å². The number of benzene rings is 1. The SMILES string of the molecule is C=C(C)COCCC[Si](OC)(OC)OC.C=C[Si](C)(OCC)OCC.C=C[Si](OCC)(OCC)OCC.CCC(Nc1ccccc1)[Si](OC)(OC)OC. The minimum absolute atomic E-state index is 0.0462. The zero-order valence-electron chi connectivity index (χ0n) is 36.2. The highest BCUT2D eigenvalue weighted by Gasteiger charge is 2.46. The Morgan fingerprint density at radius 1 is 0.685 bits per heavy atom. The Labute approximate surface area is 333 Å². The molecule has 0 amide bonds. The number of nitrogens with one attached hydrogen (secondary N) is 1. The molecule has 0 spiro atoms. The second-order valence-corrected chi connectivity index (χ2v) is 23.0. The topological polar surface area (TPSA) is 123 Å². The quantitative estimate of drug-likeness (QED) is 0.0503. The number of hydrogen-bond donors (Lipinski definition) is 1. The summed E-state index contributed by atoms with van der Waals surface area (Å²) >= 11 is 0. The van der Waals surface area contributed by atoms with Gasteiger partial charge in [-0.15, -0.1) is 6.58 Å². The number of anilines is 1. The van der Waals surface area contributed by atoms with Crippen LogP contribution in [0.3, 0.4) is 0 Å². The van der Waals surface area contributed by atoms with Crippen molar-refractivity contribution >= 4 is 40.7 Å². The van der Waals surface area contributed by atoms with Crippen LogP contribution in [0.25, 0.3) is 0 Å². The third-order valence-corrected chi connectivity index (χ3v) is 18.4. The van der Waals surface area contributed by atoms with Gasteiger partial charge in [0.2, 0.25) is 0 Å². The summed E-state index contributed by atoms with van der Waals surface area (Å²) in [6, 6.07) is 10.8. The summed E-state index contributed by atoms with van der Waals surface area (Å²) in [6.45, 7) is 31.3. The van der Waals surface area contributed by atoms with Gasteiger partial charge < -0.3 is 58.7 Å². The van der Waals surface area contributed by atoms with E-state index in [1.54, 1.807) is 54.1 Å². The van der Waals surface area contributed by atoms with E-state index >= 15 is 0 Å². The molecule has 0 radical (unpaired) electrons. The molecule has 0 saturated heterocycles. The standard InChI is InChI=1S/C12H21NO3Si.C10H22O4Si.C8H18O3Si.C7H16O2Si/c1-5-12(17(14-2,15-3)16-4)13-11-9-7-6-8-10-11;1-10(2)9-14-7-6-8-15(11-3,12-4)13-5;1-5-9-12(8-4,10-6-2)11-7-3;1-5-8-10(4,7-3)9-6-2/h6-10,12-13H,5H2,1-4H3;1,6-9H2,2-5H3;8H,4-7H2,1-3H3;7H,3,5-6H2,1-2,4H3. The predicted molar refractivity (Wildman–Crippen MR) is 229 cm³/mol. The van der Waals surface area contributed by atoms with Gasteiger partial charge in [-0.2, -0.15) is 0 Å². The molecule has 0 bridgehead atoms. The molecule has 1 aromatic rings. The fourth-order valence-electron chi connectivity index (χ4n) is 4.68. The molecular formula is C37H77NO12Si4. The van der Waals surface area contributed by atoms with Crippen LogP contribution in [0.15, 0.2) is 67.0 Å². The van der Waals surface area contributed by atoms with Gasteiger partial charge in [-0.25, -0.2) is 0 Å². The van der Waals surface area contributed by atoms with Crippen molar-refractivity contribution in [3.05, 3.63) is 67.0 Å². The molecule has 0 aliphatic rings. The normalized spacial score (nSPS) is 12.2. The maximum atomic E-state index is 5.49. The summed E-state index contributed by atoms with van der Waals surface area (Å²) in [7, 11) is 0.255. The van der Waals surface area contributed by atoms with Crippen LogP contribution in [-0.2, 0) is 53.4 Å². The van der Waals surface area contributed by atoms with Crippen molar-refractivity contribution in [1.29, 1.82) is 0 Å². The Bertz CT molecular complexity index is 998. The van der Waals surface area contributed by atoms with E-state index in [0.29, 0.717) is 46.2 Å². The van der Waals surface area contributed by atoms with Gasteiger partial charge in [0.25, 0.3) is 0 Å². The Balaban J connectivity index is -0.000000655. The maximum absolute atomic E-state index is 5.49. The van der Waals surface area contributed by atoms with Gasteiger partial charge in [0, 0.05) is 94.0 Å². The Morgan fingerprint density at radius 2 is 1.13 bits per heavy atom. The monoisotopic (exact) mass is 839 g/mol. The van der Waals surface area contributed by atoms with E-state index in [0.717, 1.165) is 30.1 Å². The maximum Gasteiger partial charge on any atom is 0.528 e. The van der Waals surface area contributed by atoms with E-state index in [9.17, 15) is 0 Å². The van der Waals surface area contributed by atoms with Gasteiger partial charge in [0.05, 0.1) is 12.3 Å². The molecule has 0 aromatic heterocycles. The number of hydrogen-bond acceptors (Lipinski definition) is 13. The molecule has 17 heteroatoms. The number of rotatable bonds is 28. The summed E-state index contributed by atoms with van der Waals surface area (Å²) in [5.74, 6) is 0. The average Bonchev–Trinajstić information content (AvgIpc) is 3.18. The van der Waals surface area contributed by atoms with Crippen LogP contribution >= 0.6 is 0 Å². The molecule has 0 aliphatic carbocycles. The average molecular weight is 840 g/mol. The first-order valence-corrected chi connectivity index (χ1v) is 26.5. The highest BCUT2D eigenvalue weighted by atomic mass is 28.4. The van der Waals surface area contributed by atoms with E-state index in [4.69, 9.17) is 53.4 Å². The van der Waals surface area contributed by atoms with Gasteiger partial charge >= 0.3 is 35.0 Å². The second-order valence-electron chi connectivity index (χ2n) is 11.3. The molecule has 1 rings (SSSR count). The lowest BCUT2D eigenvalue weighted by Gasteiger charge is -2.32. The fourth-order valence-corrected chi connectivity index (χ4v) is 11.8. The third kappa shape index (κ3) is 24.3. The Kier molecular flexibility index (Phi) is 36.7. The van der Waals surface area contributed by atoms with E-state index in [1.165, 1.54) is 0 Å². The van der Waals surface area contributed by atoms with Crippen molar-refractivity contribution < 1.29 is 53.4 Å².